The van der Waals surface area contributed by atoms with Gasteiger partial charge in [-0.1, -0.05) is 24.3 Å². The van der Waals surface area contributed by atoms with E-state index in [-0.39, 0.29) is 30.3 Å². The van der Waals surface area contributed by atoms with Gasteiger partial charge in [0.1, 0.15) is 0 Å². The normalized spacial score (nSPS) is 21.3. The van der Waals surface area contributed by atoms with E-state index in [1.165, 1.54) is 0 Å². The SMILES string of the molecule is O=c1[nH]c2ccccc2n1C1CCN(CC2CCCC(F)(F)CCC2)CC1.O=c1[nH]c2ccccc2n1C1CCNCC1. The molecule has 10 heteroatoms. The minimum atomic E-state index is -2.45. The van der Waals surface area contributed by atoms with E-state index >= 15 is 0 Å². The predicted molar refractivity (Wildman–Crippen MR) is 167 cm³/mol. The van der Waals surface area contributed by atoms with E-state index in [1.807, 2.05) is 57.7 Å². The highest BCUT2D eigenvalue weighted by Gasteiger charge is 2.31. The Morgan fingerprint density at radius 3 is 1.72 bits per heavy atom. The molecule has 7 rings (SSSR count). The zero-order valence-electron chi connectivity index (χ0n) is 24.9. The first-order chi connectivity index (χ1) is 20.9. The van der Waals surface area contributed by atoms with Crippen LogP contribution in [0.4, 0.5) is 8.78 Å². The number of nitrogens with one attached hydrogen (secondary N) is 3. The van der Waals surface area contributed by atoms with Crippen LogP contribution in [0.5, 0.6) is 0 Å². The lowest BCUT2D eigenvalue weighted by Crippen LogP contribution is -2.39. The minimum absolute atomic E-state index is 0.0180. The fourth-order valence-electron chi connectivity index (χ4n) is 7.41. The van der Waals surface area contributed by atoms with Crippen LogP contribution in [0.2, 0.25) is 0 Å². The van der Waals surface area contributed by atoms with Crippen molar-refractivity contribution >= 4 is 22.1 Å². The number of para-hydroxylation sites is 4. The van der Waals surface area contributed by atoms with Crippen LogP contribution < -0.4 is 16.7 Å². The summed E-state index contributed by atoms with van der Waals surface area (Å²) in [5.74, 6) is -1.91. The van der Waals surface area contributed by atoms with Gasteiger partial charge >= 0.3 is 11.4 Å². The summed E-state index contributed by atoms with van der Waals surface area (Å²) in [5, 5.41) is 3.32. The number of nitrogens with zero attached hydrogens (tertiary/aromatic N) is 3. The predicted octanol–water partition coefficient (Wildman–Crippen LogP) is 5.83. The van der Waals surface area contributed by atoms with Gasteiger partial charge in [0.2, 0.25) is 5.92 Å². The van der Waals surface area contributed by atoms with Crippen molar-refractivity contribution in [1.29, 1.82) is 0 Å². The number of benzene rings is 2. The van der Waals surface area contributed by atoms with Crippen LogP contribution in [0, 0.1) is 5.92 Å². The molecule has 4 aromatic rings. The average molecular weight is 595 g/mol. The Balaban J connectivity index is 0.000000174. The van der Waals surface area contributed by atoms with Crippen molar-refractivity contribution in [2.75, 3.05) is 32.7 Å². The molecule has 4 heterocycles. The van der Waals surface area contributed by atoms with Gasteiger partial charge in [-0.25, -0.2) is 18.4 Å². The Hall–Kier alpha value is -3.24. The standard InChI is InChI=1S/C21H29F2N3O.C12H15N3O/c22-21(23)11-3-5-16(6-4-12-21)15-25-13-9-17(10-14-25)26-19-8-2-1-7-18(19)24-20(26)27;16-12-14-10-3-1-2-4-11(10)15(12)9-5-7-13-8-6-9/h1-2,7-8,16-17H,3-6,9-15H2,(H,24,27);1-4,9,13H,5-8H2,(H,14,16). The fourth-order valence-corrected chi connectivity index (χ4v) is 7.41. The largest absolute Gasteiger partial charge is 0.326 e. The molecule has 0 spiro atoms. The third-order valence-electron chi connectivity index (χ3n) is 9.67. The van der Waals surface area contributed by atoms with Crippen molar-refractivity contribution in [2.24, 2.45) is 5.92 Å². The molecule has 0 atom stereocenters. The Morgan fingerprint density at radius 1 is 0.698 bits per heavy atom. The van der Waals surface area contributed by atoms with Gasteiger partial charge in [-0.2, -0.15) is 0 Å². The van der Waals surface area contributed by atoms with E-state index in [0.29, 0.717) is 24.8 Å². The highest BCUT2D eigenvalue weighted by molar-refractivity contribution is 5.75. The molecule has 2 aliphatic heterocycles. The zero-order chi connectivity index (χ0) is 29.8. The lowest BCUT2D eigenvalue weighted by atomic mass is 9.88. The summed E-state index contributed by atoms with van der Waals surface area (Å²) in [4.78, 5) is 32.7. The molecule has 232 valence electrons. The molecule has 0 radical (unpaired) electrons. The zero-order valence-corrected chi connectivity index (χ0v) is 24.9. The number of fused-ring (bicyclic) bond motifs is 2. The number of aromatic nitrogens is 4. The highest BCUT2D eigenvalue weighted by atomic mass is 19.3. The van der Waals surface area contributed by atoms with Crippen molar-refractivity contribution < 1.29 is 8.78 Å². The molecule has 1 saturated carbocycles. The number of hydrogen-bond donors (Lipinski definition) is 3. The number of rotatable bonds is 4. The van der Waals surface area contributed by atoms with E-state index < -0.39 is 5.92 Å². The quantitative estimate of drug-likeness (QED) is 0.278. The minimum Gasteiger partial charge on any atom is -0.317 e. The maximum Gasteiger partial charge on any atom is 0.326 e. The Kier molecular flexibility index (Phi) is 9.14. The van der Waals surface area contributed by atoms with Gasteiger partial charge in [-0.05, 0) is 94.6 Å². The summed E-state index contributed by atoms with van der Waals surface area (Å²) < 4.78 is 30.9. The average Bonchev–Trinajstić information content (AvgIpc) is 3.52. The lowest BCUT2D eigenvalue weighted by Gasteiger charge is -2.35. The van der Waals surface area contributed by atoms with Gasteiger partial charge in [0.05, 0.1) is 22.1 Å². The van der Waals surface area contributed by atoms with Crippen LogP contribution >= 0.6 is 0 Å². The Morgan fingerprint density at radius 2 is 1.19 bits per heavy atom. The number of halogens is 2. The fraction of sp³-hybridized carbons (Fsp3) is 0.576. The number of H-pyrrole nitrogens is 2. The molecule has 0 bridgehead atoms. The smallest absolute Gasteiger partial charge is 0.317 e. The summed E-state index contributed by atoms with van der Waals surface area (Å²) in [5.41, 5.74) is 3.85. The molecule has 43 heavy (non-hydrogen) atoms. The molecule has 3 N–H and O–H groups in total. The molecule has 3 aliphatic rings. The molecular weight excluding hydrogens is 550 g/mol. The summed E-state index contributed by atoms with van der Waals surface area (Å²) in [6.45, 7) is 4.96. The third-order valence-corrected chi connectivity index (χ3v) is 9.67. The summed E-state index contributed by atoms with van der Waals surface area (Å²) in [6.07, 6.45) is 7.19. The first-order valence-electron chi connectivity index (χ1n) is 16.1. The van der Waals surface area contributed by atoms with Crippen molar-refractivity contribution in [3.05, 3.63) is 69.5 Å². The molecule has 2 aromatic carbocycles. The summed E-state index contributed by atoms with van der Waals surface area (Å²) >= 11 is 0. The number of likely N-dealkylation sites (tertiary alicyclic amines) is 1. The number of imidazole rings is 2. The maximum absolute atomic E-state index is 13.5. The van der Waals surface area contributed by atoms with E-state index in [9.17, 15) is 18.4 Å². The van der Waals surface area contributed by atoms with Crippen molar-refractivity contribution in [3.63, 3.8) is 0 Å². The second-order valence-corrected chi connectivity index (χ2v) is 12.7. The monoisotopic (exact) mass is 594 g/mol. The first kappa shape index (κ1) is 29.8. The molecule has 3 fully saturated rings. The molecule has 2 aromatic heterocycles. The second kappa shape index (κ2) is 13.2. The van der Waals surface area contributed by atoms with Crippen molar-refractivity contribution in [3.8, 4) is 0 Å². The van der Waals surface area contributed by atoms with Crippen LogP contribution in [0.1, 0.15) is 76.3 Å². The molecule has 1 aliphatic carbocycles. The van der Waals surface area contributed by atoms with Gasteiger partial charge < -0.3 is 20.2 Å². The number of piperidine rings is 2. The molecule has 8 nitrogen and oxygen atoms in total. The molecule has 0 unspecified atom stereocenters. The van der Waals surface area contributed by atoms with Crippen LogP contribution in [0.25, 0.3) is 22.1 Å². The van der Waals surface area contributed by atoms with Gasteiger partial charge in [0, 0.05) is 44.6 Å². The second-order valence-electron chi connectivity index (χ2n) is 12.7. The number of hydrogen-bond acceptors (Lipinski definition) is 4. The Labute approximate surface area is 250 Å². The van der Waals surface area contributed by atoms with Gasteiger partial charge in [0.15, 0.2) is 0 Å². The van der Waals surface area contributed by atoms with Gasteiger partial charge in [-0.3, -0.25) is 9.13 Å². The summed E-state index contributed by atoms with van der Waals surface area (Å²) in [7, 11) is 0. The maximum atomic E-state index is 13.5. The topological polar surface area (TPSA) is 90.8 Å². The van der Waals surface area contributed by atoms with E-state index in [0.717, 1.165) is 93.3 Å². The van der Waals surface area contributed by atoms with E-state index in [4.69, 9.17) is 0 Å². The lowest BCUT2D eigenvalue weighted by molar-refractivity contribution is -0.0284. The van der Waals surface area contributed by atoms with Gasteiger partial charge in [-0.15, -0.1) is 0 Å². The van der Waals surface area contributed by atoms with Crippen LogP contribution in [0.3, 0.4) is 0 Å². The first-order valence-corrected chi connectivity index (χ1v) is 16.1. The van der Waals surface area contributed by atoms with Crippen molar-refractivity contribution in [2.45, 2.75) is 82.2 Å². The molecule has 0 amide bonds. The van der Waals surface area contributed by atoms with Crippen molar-refractivity contribution in [1.82, 2.24) is 29.3 Å². The highest BCUT2D eigenvalue weighted by Crippen LogP contribution is 2.34. The number of alkyl halides is 2. The van der Waals surface area contributed by atoms with Gasteiger partial charge in [0.25, 0.3) is 0 Å². The Bertz CT molecular complexity index is 1590. The third kappa shape index (κ3) is 6.96. The molecular formula is C33H44F2N6O2. The number of aromatic amines is 2. The van der Waals surface area contributed by atoms with Crippen LogP contribution in [-0.4, -0.2) is 62.6 Å². The van der Waals surface area contributed by atoms with E-state index in [1.54, 1.807) is 0 Å². The summed E-state index contributed by atoms with van der Waals surface area (Å²) in [6, 6.07) is 16.3. The van der Waals surface area contributed by atoms with E-state index in [2.05, 4.69) is 20.2 Å². The molecule has 2 saturated heterocycles. The van der Waals surface area contributed by atoms with Crippen LogP contribution in [-0.2, 0) is 0 Å². The van der Waals surface area contributed by atoms with Crippen LogP contribution in [0.15, 0.2) is 58.1 Å².